The lowest BCUT2D eigenvalue weighted by molar-refractivity contribution is 0.172. The molecule has 0 bridgehead atoms. The van der Waals surface area contributed by atoms with Crippen molar-refractivity contribution in [1.29, 1.82) is 0 Å². The van der Waals surface area contributed by atoms with E-state index in [1.165, 1.54) is 0 Å². The molecule has 0 aliphatic heterocycles. The molecule has 0 aliphatic rings. The summed E-state index contributed by atoms with van der Waals surface area (Å²) < 4.78 is 5.37. The number of aliphatic hydroxyl groups excluding tert-OH is 1. The fourth-order valence-corrected chi connectivity index (χ4v) is 1.85. The molecule has 14 heavy (non-hydrogen) atoms. The monoisotopic (exact) mass is 230 g/mol. The Morgan fingerprint density at radius 3 is 2.64 bits per heavy atom. The van der Waals surface area contributed by atoms with E-state index < -0.39 is 6.10 Å². The Balaban J connectivity index is 2.70. The third-order valence-corrected chi connectivity index (χ3v) is 2.47. The summed E-state index contributed by atoms with van der Waals surface area (Å²) in [6.07, 6.45) is -0.641. The maximum atomic E-state index is 9.32. The third kappa shape index (κ3) is 1.61. The molecular weight excluding hydrogens is 223 g/mol. The normalized spacial score (nSPS) is 13.4. The Bertz CT molecular complexity index is 474. The van der Waals surface area contributed by atoms with Gasteiger partial charge in [0.05, 0.1) is 5.02 Å². The minimum absolute atomic E-state index is 0.458. The van der Waals surface area contributed by atoms with Crippen LogP contribution < -0.4 is 0 Å². The SMILES string of the molecule is CC(O)c1cc2cc(Cl)cc(Cl)c2o1. The summed E-state index contributed by atoms with van der Waals surface area (Å²) in [5, 5.41) is 11.1. The highest BCUT2D eigenvalue weighted by molar-refractivity contribution is 6.38. The molecule has 2 rings (SSSR count). The Morgan fingerprint density at radius 2 is 2.00 bits per heavy atom. The molecule has 0 spiro atoms. The van der Waals surface area contributed by atoms with Gasteiger partial charge in [-0.15, -0.1) is 0 Å². The van der Waals surface area contributed by atoms with Gasteiger partial charge in [0.1, 0.15) is 11.9 Å². The van der Waals surface area contributed by atoms with Gasteiger partial charge in [-0.3, -0.25) is 0 Å². The molecule has 1 aromatic heterocycles. The third-order valence-electron chi connectivity index (χ3n) is 1.97. The molecule has 0 aliphatic carbocycles. The molecule has 2 nitrogen and oxygen atoms in total. The molecule has 0 saturated carbocycles. The van der Waals surface area contributed by atoms with Crippen molar-refractivity contribution in [2.75, 3.05) is 0 Å². The number of hydrogen-bond donors (Lipinski definition) is 1. The fourth-order valence-electron chi connectivity index (χ4n) is 1.30. The van der Waals surface area contributed by atoms with Crippen LogP contribution in [0, 0.1) is 0 Å². The second-order valence-electron chi connectivity index (χ2n) is 3.13. The molecule has 1 heterocycles. The summed E-state index contributed by atoms with van der Waals surface area (Å²) in [4.78, 5) is 0. The van der Waals surface area contributed by atoms with E-state index in [9.17, 15) is 5.11 Å². The van der Waals surface area contributed by atoms with Gasteiger partial charge in [-0.05, 0) is 25.1 Å². The van der Waals surface area contributed by atoms with Crippen LogP contribution in [0.15, 0.2) is 22.6 Å². The van der Waals surface area contributed by atoms with Crippen LogP contribution in [-0.2, 0) is 0 Å². The van der Waals surface area contributed by atoms with Gasteiger partial charge >= 0.3 is 0 Å². The van der Waals surface area contributed by atoms with Crippen LogP contribution in [0.5, 0.6) is 0 Å². The zero-order chi connectivity index (χ0) is 10.3. The van der Waals surface area contributed by atoms with Gasteiger partial charge in [0.2, 0.25) is 0 Å². The predicted octanol–water partition coefficient (Wildman–Crippen LogP) is 3.79. The lowest BCUT2D eigenvalue weighted by Gasteiger charge is -1.96. The van der Waals surface area contributed by atoms with Crippen LogP contribution in [0.2, 0.25) is 10.0 Å². The number of furan rings is 1. The molecule has 1 unspecified atom stereocenters. The number of fused-ring (bicyclic) bond motifs is 1. The van der Waals surface area contributed by atoms with E-state index >= 15 is 0 Å². The molecule has 4 heteroatoms. The van der Waals surface area contributed by atoms with Crippen LogP contribution in [0.25, 0.3) is 11.0 Å². The molecular formula is C10H8Cl2O2. The van der Waals surface area contributed by atoms with E-state index in [0.717, 1.165) is 5.39 Å². The molecule has 74 valence electrons. The molecule has 0 radical (unpaired) electrons. The van der Waals surface area contributed by atoms with Crippen molar-refractivity contribution in [1.82, 2.24) is 0 Å². The molecule has 0 amide bonds. The van der Waals surface area contributed by atoms with Crippen LogP contribution in [0.1, 0.15) is 18.8 Å². The van der Waals surface area contributed by atoms with Crippen LogP contribution in [0.3, 0.4) is 0 Å². The zero-order valence-corrected chi connectivity index (χ0v) is 8.93. The first-order chi connectivity index (χ1) is 6.58. The minimum atomic E-state index is -0.641. The Hall–Kier alpha value is -0.700. The Labute approximate surface area is 91.0 Å². The standard InChI is InChI=1S/C10H8Cl2O2/c1-5(13)9-3-6-2-7(11)4-8(12)10(6)14-9/h2-5,13H,1H3. The maximum Gasteiger partial charge on any atom is 0.153 e. The summed E-state index contributed by atoms with van der Waals surface area (Å²) >= 11 is 11.7. The average molecular weight is 231 g/mol. The van der Waals surface area contributed by atoms with Crippen molar-refractivity contribution in [3.8, 4) is 0 Å². The molecule has 1 aromatic carbocycles. The minimum Gasteiger partial charge on any atom is -0.457 e. The van der Waals surface area contributed by atoms with Gasteiger partial charge in [0.25, 0.3) is 0 Å². The second kappa shape index (κ2) is 3.46. The van der Waals surface area contributed by atoms with Crippen LogP contribution >= 0.6 is 23.2 Å². The number of aliphatic hydroxyl groups is 1. The summed E-state index contributed by atoms with van der Waals surface area (Å²) in [5.74, 6) is 0.490. The average Bonchev–Trinajstić information content (AvgIpc) is 2.47. The van der Waals surface area contributed by atoms with E-state index in [1.807, 2.05) is 0 Å². The first-order valence-corrected chi connectivity index (χ1v) is 4.90. The van der Waals surface area contributed by atoms with Gasteiger partial charge in [-0.2, -0.15) is 0 Å². The highest BCUT2D eigenvalue weighted by atomic mass is 35.5. The molecule has 0 saturated heterocycles. The zero-order valence-electron chi connectivity index (χ0n) is 7.42. The molecule has 2 aromatic rings. The van der Waals surface area contributed by atoms with Crippen LogP contribution in [-0.4, -0.2) is 5.11 Å². The first-order valence-electron chi connectivity index (χ1n) is 4.14. The predicted molar refractivity (Wildman–Crippen MR) is 56.9 cm³/mol. The second-order valence-corrected chi connectivity index (χ2v) is 3.97. The van der Waals surface area contributed by atoms with Gasteiger partial charge in [0.15, 0.2) is 5.58 Å². The summed E-state index contributed by atoms with van der Waals surface area (Å²) in [5.41, 5.74) is 0.562. The fraction of sp³-hybridized carbons (Fsp3) is 0.200. The van der Waals surface area contributed by atoms with Crippen molar-refractivity contribution in [3.63, 3.8) is 0 Å². The van der Waals surface area contributed by atoms with Crippen molar-refractivity contribution >= 4 is 34.2 Å². The van der Waals surface area contributed by atoms with E-state index in [0.29, 0.717) is 21.4 Å². The van der Waals surface area contributed by atoms with Crippen molar-refractivity contribution < 1.29 is 9.52 Å². The number of benzene rings is 1. The topological polar surface area (TPSA) is 33.4 Å². The smallest absolute Gasteiger partial charge is 0.153 e. The van der Waals surface area contributed by atoms with Crippen molar-refractivity contribution in [3.05, 3.63) is 34.0 Å². The Morgan fingerprint density at radius 1 is 1.29 bits per heavy atom. The van der Waals surface area contributed by atoms with Crippen LogP contribution in [0.4, 0.5) is 0 Å². The number of hydrogen-bond acceptors (Lipinski definition) is 2. The summed E-state index contributed by atoms with van der Waals surface area (Å²) in [6.45, 7) is 1.63. The number of rotatable bonds is 1. The van der Waals surface area contributed by atoms with E-state index in [4.69, 9.17) is 27.6 Å². The lowest BCUT2D eigenvalue weighted by atomic mass is 10.2. The Kier molecular flexibility index (Phi) is 2.43. The van der Waals surface area contributed by atoms with Crippen molar-refractivity contribution in [2.45, 2.75) is 13.0 Å². The lowest BCUT2D eigenvalue weighted by Crippen LogP contribution is -1.85. The molecule has 1 N–H and O–H groups in total. The highest BCUT2D eigenvalue weighted by Gasteiger charge is 2.11. The molecule has 1 atom stereocenters. The van der Waals surface area contributed by atoms with Gasteiger partial charge in [0, 0.05) is 10.4 Å². The maximum absolute atomic E-state index is 9.32. The number of halogens is 2. The first kappa shape index (κ1) is 9.84. The van der Waals surface area contributed by atoms with E-state index in [-0.39, 0.29) is 0 Å². The largest absolute Gasteiger partial charge is 0.457 e. The highest BCUT2D eigenvalue weighted by Crippen LogP contribution is 2.32. The van der Waals surface area contributed by atoms with Gasteiger partial charge in [-0.1, -0.05) is 23.2 Å². The van der Waals surface area contributed by atoms with Gasteiger partial charge in [-0.25, -0.2) is 0 Å². The summed E-state index contributed by atoms with van der Waals surface area (Å²) in [7, 11) is 0. The summed E-state index contributed by atoms with van der Waals surface area (Å²) in [6, 6.07) is 5.09. The van der Waals surface area contributed by atoms with E-state index in [1.54, 1.807) is 25.1 Å². The van der Waals surface area contributed by atoms with E-state index in [2.05, 4.69) is 0 Å². The quantitative estimate of drug-likeness (QED) is 0.809. The van der Waals surface area contributed by atoms with Crippen molar-refractivity contribution in [2.24, 2.45) is 0 Å². The van der Waals surface area contributed by atoms with Gasteiger partial charge < -0.3 is 9.52 Å². The molecule has 0 fully saturated rings.